The van der Waals surface area contributed by atoms with Crippen LogP contribution in [0.3, 0.4) is 0 Å². The van der Waals surface area contributed by atoms with Crippen LogP contribution in [-0.2, 0) is 13.1 Å². The van der Waals surface area contributed by atoms with Gasteiger partial charge in [-0.15, -0.1) is 11.3 Å². The van der Waals surface area contributed by atoms with Gasteiger partial charge in [0.25, 0.3) is 0 Å². The van der Waals surface area contributed by atoms with Crippen molar-refractivity contribution < 1.29 is 9.60 Å². The molecule has 4 N–H and O–H groups in total. The highest BCUT2D eigenvalue weighted by Crippen LogP contribution is 2.22. The molecule has 0 bridgehead atoms. The number of rotatable bonds is 5. The molecule has 0 atom stereocenters. The third-order valence-corrected chi connectivity index (χ3v) is 4.67. The Labute approximate surface area is 128 Å². The molecule has 0 saturated heterocycles. The first kappa shape index (κ1) is 15.0. The first-order valence-electron chi connectivity index (χ1n) is 5.80. The predicted molar refractivity (Wildman–Crippen MR) is 81.5 cm³/mol. The number of thiophene rings is 1. The van der Waals surface area contributed by atoms with E-state index in [4.69, 9.17) is 10.9 Å². The van der Waals surface area contributed by atoms with Gasteiger partial charge in [0.2, 0.25) is 0 Å². The van der Waals surface area contributed by atoms with E-state index < -0.39 is 0 Å². The van der Waals surface area contributed by atoms with Crippen molar-refractivity contribution in [2.75, 3.05) is 0 Å². The summed E-state index contributed by atoms with van der Waals surface area (Å²) in [5.74, 6) is -0.488. The molecule has 1 aromatic carbocycles. The summed E-state index contributed by atoms with van der Waals surface area (Å²) in [6.07, 6.45) is 0. The molecular weight excluding hydrogens is 345 g/mol. The van der Waals surface area contributed by atoms with Gasteiger partial charge in [0, 0.05) is 33.6 Å². The Bertz CT molecular complexity index is 630. The molecule has 0 unspecified atom stereocenters. The van der Waals surface area contributed by atoms with Gasteiger partial charge in [-0.3, -0.25) is 0 Å². The Morgan fingerprint density at radius 1 is 1.40 bits per heavy atom. The van der Waals surface area contributed by atoms with E-state index in [1.165, 1.54) is 10.9 Å². The van der Waals surface area contributed by atoms with Crippen molar-refractivity contribution in [3.05, 3.63) is 55.9 Å². The molecule has 1 heterocycles. The van der Waals surface area contributed by atoms with Gasteiger partial charge in [-0.25, -0.2) is 4.39 Å². The molecule has 106 valence electrons. The van der Waals surface area contributed by atoms with E-state index in [0.717, 1.165) is 4.47 Å². The standard InChI is InChI=1S/C13H13BrFN3OS/c14-10-3-4-20-12(10)7-17-6-9-2-1-8(5-11(9)15)13(16)18-19/h1-5,17,19H,6-7H2,(H2,16,18). The Hall–Kier alpha value is -1.44. The molecule has 20 heavy (non-hydrogen) atoms. The van der Waals surface area contributed by atoms with Crippen molar-refractivity contribution in [1.29, 1.82) is 0 Å². The SMILES string of the molecule is N/C(=N/O)c1ccc(CNCc2sccc2Br)c(F)c1. The van der Waals surface area contributed by atoms with Crippen LogP contribution in [0.1, 0.15) is 16.0 Å². The summed E-state index contributed by atoms with van der Waals surface area (Å²) in [6, 6.07) is 6.48. The topological polar surface area (TPSA) is 70.6 Å². The van der Waals surface area contributed by atoms with Crippen LogP contribution in [0.2, 0.25) is 0 Å². The van der Waals surface area contributed by atoms with Crippen LogP contribution in [0.25, 0.3) is 0 Å². The van der Waals surface area contributed by atoms with E-state index in [1.54, 1.807) is 23.5 Å². The van der Waals surface area contributed by atoms with Gasteiger partial charge in [0.15, 0.2) is 5.84 Å². The minimum atomic E-state index is -0.383. The summed E-state index contributed by atoms with van der Waals surface area (Å²) in [5, 5.41) is 16.6. The van der Waals surface area contributed by atoms with E-state index in [1.807, 2.05) is 11.4 Å². The zero-order valence-electron chi connectivity index (χ0n) is 10.4. The van der Waals surface area contributed by atoms with Gasteiger partial charge < -0.3 is 16.3 Å². The fourth-order valence-corrected chi connectivity index (χ4v) is 3.13. The lowest BCUT2D eigenvalue weighted by atomic mass is 10.1. The van der Waals surface area contributed by atoms with Crippen molar-refractivity contribution >= 4 is 33.1 Å². The van der Waals surface area contributed by atoms with Gasteiger partial charge in [0.1, 0.15) is 5.82 Å². The number of hydrogen-bond acceptors (Lipinski definition) is 4. The molecular formula is C13H13BrFN3OS. The number of halogens is 2. The molecule has 0 fully saturated rings. The molecule has 0 radical (unpaired) electrons. The van der Waals surface area contributed by atoms with Crippen molar-refractivity contribution in [2.45, 2.75) is 13.1 Å². The van der Waals surface area contributed by atoms with Crippen LogP contribution < -0.4 is 11.1 Å². The maximum atomic E-state index is 13.9. The van der Waals surface area contributed by atoms with Crippen LogP contribution in [0.15, 0.2) is 39.3 Å². The molecule has 7 heteroatoms. The van der Waals surface area contributed by atoms with Gasteiger partial charge >= 0.3 is 0 Å². The van der Waals surface area contributed by atoms with Gasteiger partial charge in [0.05, 0.1) is 0 Å². The second-order valence-corrected chi connectivity index (χ2v) is 5.94. The zero-order chi connectivity index (χ0) is 14.5. The number of oxime groups is 1. The Kier molecular flexibility index (Phi) is 5.11. The van der Waals surface area contributed by atoms with Crippen molar-refractivity contribution in [2.24, 2.45) is 10.9 Å². The molecule has 0 saturated carbocycles. The molecule has 0 amide bonds. The first-order valence-corrected chi connectivity index (χ1v) is 7.48. The minimum Gasteiger partial charge on any atom is -0.409 e. The third kappa shape index (κ3) is 3.56. The van der Waals surface area contributed by atoms with Gasteiger partial charge in [-0.05, 0) is 33.4 Å². The lowest BCUT2D eigenvalue weighted by Crippen LogP contribution is -2.16. The smallest absolute Gasteiger partial charge is 0.170 e. The average Bonchev–Trinajstić information content (AvgIpc) is 2.85. The van der Waals surface area contributed by atoms with Crippen molar-refractivity contribution in [3.8, 4) is 0 Å². The summed E-state index contributed by atoms with van der Waals surface area (Å²) in [4.78, 5) is 1.17. The number of benzene rings is 1. The molecule has 4 nitrogen and oxygen atoms in total. The largest absolute Gasteiger partial charge is 0.409 e. The van der Waals surface area contributed by atoms with E-state index in [-0.39, 0.29) is 11.7 Å². The number of nitrogens with one attached hydrogen (secondary N) is 1. The van der Waals surface area contributed by atoms with Crippen LogP contribution >= 0.6 is 27.3 Å². The fraction of sp³-hybridized carbons (Fsp3) is 0.154. The monoisotopic (exact) mass is 357 g/mol. The first-order chi connectivity index (χ1) is 9.61. The quantitative estimate of drug-likeness (QED) is 0.333. The number of nitrogens with zero attached hydrogens (tertiary/aromatic N) is 1. The van der Waals surface area contributed by atoms with Gasteiger partial charge in [-0.2, -0.15) is 0 Å². The van der Waals surface area contributed by atoms with Crippen LogP contribution in [0.5, 0.6) is 0 Å². The normalized spacial score (nSPS) is 11.8. The maximum absolute atomic E-state index is 13.9. The second kappa shape index (κ2) is 6.83. The van der Waals surface area contributed by atoms with E-state index in [0.29, 0.717) is 24.2 Å². The second-order valence-electron chi connectivity index (χ2n) is 4.09. The zero-order valence-corrected chi connectivity index (χ0v) is 12.8. The highest BCUT2D eigenvalue weighted by Gasteiger charge is 2.07. The molecule has 2 rings (SSSR count). The molecule has 0 spiro atoms. The number of nitrogens with two attached hydrogens (primary N) is 1. The summed E-state index contributed by atoms with van der Waals surface area (Å²) in [6.45, 7) is 1.08. The predicted octanol–water partition coefficient (Wildman–Crippen LogP) is 3.03. The summed E-state index contributed by atoms with van der Waals surface area (Å²) in [7, 11) is 0. The van der Waals surface area contributed by atoms with Crippen molar-refractivity contribution in [3.63, 3.8) is 0 Å². The Morgan fingerprint density at radius 3 is 2.80 bits per heavy atom. The molecule has 0 aliphatic heterocycles. The highest BCUT2D eigenvalue weighted by atomic mass is 79.9. The Balaban J connectivity index is 1.98. The number of amidine groups is 1. The lowest BCUT2D eigenvalue weighted by Gasteiger charge is -2.07. The summed E-state index contributed by atoms with van der Waals surface area (Å²) < 4.78 is 14.9. The third-order valence-electron chi connectivity index (χ3n) is 2.75. The molecule has 2 aromatic rings. The van der Waals surface area contributed by atoms with Crippen LogP contribution in [0, 0.1) is 5.82 Å². The summed E-state index contributed by atoms with van der Waals surface area (Å²) >= 11 is 5.08. The maximum Gasteiger partial charge on any atom is 0.170 e. The van der Waals surface area contributed by atoms with E-state index in [2.05, 4.69) is 26.4 Å². The van der Waals surface area contributed by atoms with Crippen LogP contribution in [-0.4, -0.2) is 11.0 Å². The minimum absolute atomic E-state index is 0.106. The van der Waals surface area contributed by atoms with Crippen molar-refractivity contribution in [1.82, 2.24) is 5.32 Å². The van der Waals surface area contributed by atoms with Gasteiger partial charge in [-0.1, -0.05) is 17.3 Å². The molecule has 1 aromatic heterocycles. The average molecular weight is 358 g/mol. The Morgan fingerprint density at radius 2 is 2.20 bits per heavy atom. The lowest BCUT2D eigenvalue weighted by molar-refractivity contribution is 0.318. The molecule has 0 aliphatic carbocycles. The number of hydrogen-bond donors (Lipinski definition) is 3. The fourth-order valence-electron chi connectivity index (χ4n) is 1.67. The highest BCUT2D eigenvalue weighted by molar-refractivity contribution is 9.10. The summed E-state index contributed by atoms with van der Waals surface area (Å²) in [5.41, 5.74) is 6.30. The van der Waals surface area contributed by atoms with E-state index in [9.17, 15) is 4.39 Å². The van der Waals surface area contributed by atoms with Crippen LogP contribution in [0.4, 0.5) is 4.39 Å². The molecule has 0 aliphatic rings. The van der Waals surface area contributed by atoms with E-state index >= 15 is 0 Å².